The van der Waals surface area contributed by atoms with Gasteiger partial charge in [-0.05, 0) is 43.5 Å². The minimum absolute atomic E-state index is 0.0650. The second-order valence-electron chi connectivity index (χ2n) is 7.86. The number of rotatable bonds is 5. The second-order valence-corrected chi connectivity index (χ2v) is 7.86. The van der Waals surface area contributed by atoms with E-state index in [4.69, 9.17) is 9.47 Å². The van der Waals surface area contributed by atoms with Crippen LogP contribution in [0, 0.1) is 5.82 Å². The van der Waals surface area contributed by atoms with Crippen molar-refractivity contribution in [2.75, 3.05) is 39.4 Å². The lowest BCUT2D eigenvalue weighted by Crippen LogP contribution is -2.37. The lowest BCUT2D eigenvalue weighted by molar-refractivity contribution is 0.0649. The number of hydrogen-bond donors (Lipinski definition) is 0. The third kappa shape index (κ3) is 5.05. The fourth-order valence-corrected chi connectivity index (χ4v) is 4.03. The molecule has 7 heteroatoms. The molecule has 2 aliphatic rings. The van der Waals surface area contributed by atoms with Crippen LogP contribution >= 0.6 is 0 Å². The van der Waals surface area contributed by atoms with Crippen LogP contribution in [0.5, 0.6) is 5.75 Å². The molecular formula is C24H27FN2O4. The van der Waals surface area contributed by atoms with Crippen molar-refractivity contribution in [2.24, 2.45) is 0 Å². The van der Waals surface area contributed by atoms with Gasteiger partial charge in [0.2, 0.25) is 0 Å². The maximum atomic E-state index is 14.0. The molecule has 0 saturated carbocycles. The van der Waals surface area contributed by atoms with E-state index < -0.39 is 5.82 Å². The topological polar surface area (TPSA) is 59.1 Å². The molecule has 31 heavy (non-hydrogen) atoms. The molecule has 2 heterocycles. The lowest BCUT2D eigenvalue weighted by atomic mass is 10.1. The van der Waals surface area contributed by atoms with Crippen molar-refractivity contribution in [3.63, 3.8) is 0 Å². The molecule has 1 atom stereocenters. The maximum Gasteiger partial charge on any atom is 0.257 e. The Morgan fingerprint density at radius 3 is 2.23 bits per heavy atom. The highest BCUT2D eigenvalue weighted by Gasteiger charge is 2.26. The van der Waals surface area contributed by atoms with Gasteiger partial charge in [-0.2, -0.15) is 0 Å². The Morgan fingerprint density at radius 1 is 0.903 bits per heavy atom. The molecule has 164 valence electrons. The van der Waals surface area contributed by atoms with E-state index in [1.54, 1.807) is 34.1 Å². The maximum absolute atomic E-state index is 14.0. The zero-order valence-corrected chi connectivity index (χ0v) is 17.5. The summed E-state index contributed by atoms with van der Waals surface area (Å²) in [6.45, 7) is 2.94. The van der Waals surface area contributed by atoms with E-state index in [1.165, 1.54) is 12.1 Å². The largest absolute Gasteiger partial charge is 0.490 e. The van der Waals surface area contributed by atoms with Gasteiger partial charge in [0.05, 0.1) is 17.2 Å². The first-order valence-corrected chi connectivity index (χ1v) is 10.8. The van der Waals surface area contributed by atoms with Crippen LogP contribution in [0.3, 0.4) is 0 Å². The highest BCUT2D eigenvalue weighted by atomic mass is 19.1. The van der Waals surface area contributed by atoms with Gasteiger partial charge in [-0.3, -0.25) is 9.59 Å². The van der Waals surface area contributed by atoms with Crippen LogP contribution in [0.2, 0.25) is 0 Å². The van der Waals surface area contributed by atoms with Crippen LogP contribution in [0.15, 0.2) is 48.5 Å². The van der Waals surface area contributed by atoms with Crippen LogP contribution in [0.25, 0.3) is 0 Å². The predicted octanol–water partition coefficient (Wildman–Crippen LogP) is 3.37. The third-order valence-corrected chi connectivity index (χ3v) is 5.74. The molecule has 0 aliphatic carbocycles. The first kappa shape index (κ1) is 21.3. The number of carbonyl (C=O) groups excluding carboxylic acids is 2. The van der Waals surface area contributed by atoms with E-state index in [1.807, 2.05) is 12.1 Å². The van der Waals surface area contributed by atoms with Crippen molar-refractivity contribution < 1.29 is 23.5 Å². The molecule has 2 aromatic rings. The third-order valence-electron chi connectivity index (χ3n) is 5.74. The number of benzene rings is 2. The molecule has 2 fully saturated rings. The minimum atomic E-state index is -0.526. The van der Waals surface area contributed by atoms with E-state index in [0.717, 1.165) is 19.4 Å². The average molecular weight is 426 g/mol. The van der Waals surface area contributed by atoms with Gasteiger partial charge in [-0.1, -0.05) is 24.3 Å². The average Bonchev–Trinajstić information content (AvgIpc) is 3.20. The lowest BCUT2D eigenvalue weighted by Gasteiger charge is -2.23. The fourth-order valence-electron chi connectivity index (χ4n) is 4.03. The van der Waals surface area contributed by atoms with E-state index in [-0.39, 0.29) is 23.5 Å². The Balaban J connectivity index is 1.41. The monoisotopic (exact) mass is 426 g/mol. The normalized spacial score (nSPS) is 19.2. The minimum Gasteiger partial charge on any atom is -0.490 e. The number of hydrogen-bond acceptors (Lipinski definition) is 4. The summed E-state index contributed by atoms with van der Waals surface area (Å²) in [7, 11) is 0. The molecule has 1 unspecified atom stereocenters. The Hall–Kier alpha value is -2.93. The smallest absolute Gasteiger partial charge is 0.257 e. The zero-order chi connectivity index (χ0) is 21.6. The first-order chi connectivity index (χ1) is 15.1. The number of amides is 2. The second kappa shape index (κ2) is 9.92. The summed E-state index contributed by atoms with van der Waals surface area (Å²) < 4.78 is 25.5. The Bertz CT molecular complexity index is 929. The van der Waals surface area contributed by atoms with Gasteiger partial charge in [0.1, 0.15) is 18.2 Å². The van der Waals surface area contributed by atoms with E-state index >= 15 is 0 Å². The highest BCUT2D eigenvalue weighted by molar-refractivity contribution is 5.97. The van der Waals surface area contributed by atoms with Gasteiger partial charge >= 0.3 is 0 Å². The van der Waals surface area contributed by atoms with Gasteiger partial charge < -0.3 is 19.3 Å². The highest BCUT2D eigenvalue weighted by Crippen LogP contribution is 2.23. The van der Waals surface area contributed by atoms with Crippen molar-refractivity contribution in [2.45, 2.75) is 25.4 Å². The molecule has 0 aromatic heterocycles. The Morgan fingerprint density at radius 2 is 1.55 bits per heavy atom. The van der Waals surface area contributed by atoms with Crippen LogP contribution in [-0.2, 0) is 4.74 Å². The summed E-state index contributed by atoms with van der Waals surface area (Å²) in [6.07, 6.45) is 2.70. The fraction of sp³-hybridized carbons (Fsp3) is 0.417. The standard InChI is InChI=1S/C24H27FN2O4/c25-21-10-3-1-8-19(21)23(28)26-12-6-13-27(15-14-26)24(29)20-9-2-4-11-22(20)31-17-18-7-5-16-30-18/h1-4,8-11,18H,5-7,12-17H2. The summed E-state index contributed by atoms with van der Waals surface area (Å²) in [5, 5.41) is 0. The molecular weight excluding hydrogens is 399 g/mol. The number of carbonyl (C=O) groups is 2. The number of ether oxygens (including phenoxy) is 2. The molecule has 4 rings (SSSR count). The molecule has 2 aromatic carbocycles. The van der Waals surface area contributed by atoms with Crippen molar-refractivity contribution in [1.29, 1.82) is 0 Å². The Kier molecular flexibility index (Phi) is 6.82. The van der Waals surface area contributed by atoms with E-state index in [9.17, 15) is 14.0 Å². The number of nitrogens with zero attached hydrogens (tertiary/aromatic N) is 2. The zero-order valence-electron chi connectivity index (χ0n) is 17.5. The summed E-state index contributed by atoms with van der Waals surface area (Å²) in [4.78, 5) is 29.3. The molecule has 2 amide bonds. The summed E-state index contributed by atoms with van der Waals surface area (Å²) in [6, 6.07) is 13.2. The van der Waals surface area contributed by atoms with Gasteiger partial charge in [0.25, 0.3) is 11.8 Å². The van der Waals surface area contributed by atoms with Gasteiger partial charge in [-0.15, -0.1) is 0 Å². The molecule has 6 nitrogen and oxygen atoms in total. The van der Waals surface area contributed by atoms with E-state index in [0.29, 0.717) is 50.5 Å². The summed E-state index contributed by atoms with van der Waals surface area (Å²) in [5.41, 5.74) is 0.574. The van der Waals surface area contributed by atoms with Crippen LogP contribution < -0.4 is 4.74 Å². The number of halogens is 1. The Labute approximate surface area is 181 Å². The van der Waals surface area contributed by atoms with Gasteiger partial charge in [0.15, 0.2) is 0 Å². The molecule has 2 aliphatic heterocycles. The van der Waals surface area contributed by atoms with Crippen LogP contribution in [0.4, 0.5) is 4.39 Å². The van der Waals surface area contributed by atoms with Crippen LogP contribution in [0.1, 0.15) is 40.0 Å². The van der Waals surface area contributed by atoms with Crippen molar-refractivity contribution >= 4 is 11.8 Å². The van der Waals surface area contributed by atoms with Gasteiger partial charge in [0, 0.05) is 32.8 Å². The quantitative estimate of drug-likeness (QED) is 0.736. The molecule has 2 saturated heterocycles. The van der Waals surface area contributed by atoms with Crippen LogP contribution in [-0.4, -0.2) is 67.1 Å². The summed E-state index contributed by atoms with van der Waals surface area (Å²) >= 11 is 0. The molecule has 0 spiro atoms. The summed E-state index contributed by atoms with van der Waals surface area (Å²) in [5.74, 6) is -0.440. The SMILES string of the molecule is O=C(c1ccccc1F)N1CCCN(C(=O)c2ccccc2OCC2CCCO2)CC1. The van der Waals surface area contributed by atoms with Crippen molar-refractivity contribution in [3.05, 3.63) is 65.5 Å². The number of para-hydroxylation sites is 1. The van der Waals surface area contributed by atoms with Crippen molar-refractivity contribution in [3.8, 4) is 5.75 Å². The first-order valence-electron chi connectivity index (χ1n) is 10.8. The van der Waals surface area contributed by atoms with Gasteiger partial charge in [-0.25, -0.2) is 4.39 Å². The molecule has 0 bridgehead atoms. The van der Waals surface area contributed by atoms with Crippen molar-refractivity contribution in [1.82, 2.24) is 9.80 Å². The van der Waals surface area contributed by atoms with E-state index in [2.05, 4.69) is 0 Å². The predicted molar refractivity (Wildman–Crippen MR) is 114 cm³/mol. The molecule has 0 radical (unpaired) electrons. The molecule has 0 N–H and O–H groups in total.